The average molecular weight is 244 g/mol. The van der Waals surface area contributed by atoms with Crippen LogP contribution in [0.1, 0.15) is 34.1 Å². The Morgan fingerprint density at radius 1 is 1.53 bits per heavy atom. The molecule has 3 N–H and O–H groups in total. The maximum atomic E-state index is 11.4. The molecule has 0 bridgehead atoms. The highest BCUT2D eigenvalue weighted by Crippen LogP contribution is 2.31. The molecule has 5 heteroatoms. The van der Waals surface area contributed by atoms with Crippen molar-refractivity contribution < 1.29 is 14.3 Å². The van der Waals surface area contributed by atoms with Crippen molar-refractivity contribution in [1.82, 2.24) is 5.32 Å². The first-order valence-electron chi connectivity index (χ1n) is 6.00. The summed E-state index contributed by atoms with van der Waals surface area (Å²) < 4.78 is 10.3. The second-order valence-electron chi connectivity index (χ2n) is 6.15. The molecule has 0 aromatic carbocycles. The van der Waals surface area contributed by atoms with Gasteiger partial charge in [0, 0.05) is 18.0 Å². The van der Waals surface area contributed by atoms with Gasteiger partial charge in [-0.15, -0.1) is 0 Å². The Kier molecular flexibility index (Phi) is 4.38. The summed E-state index contributed by atoms with van der Waals surface area (Å²) in [5.41, 5.74) is 5.66. The van der Waals surface area contributed by atoms with E-state index in [1.54, 1.807) is 0 Å². The summed E-state index contributed by atoms with van der Waals surface area (Å²) in [5, 5.41) is 2.68. The van der Waals surface area contributed by atoms with Crippen molar-refractivity contribution in [3.63, 3.8) is 0 Å². The Balaban J connectivity index is 2.19. The third-order valence-corrected chi connectivity index (χ3v) is 2.56. The molecule has 1 amide bonds. The molecule has 1 atom stereocenters. The maximum Gasteiger partial charge on any atom is 0.407 e. The minimum absolute atomic E-state index is 0.0589. The van der Waals surface area contributed by atoms with Crippen LogP contribution in [-0.4, -0.2) is 37.5 Å². The zero-order chi connectivity index (χ0) is 13.1. The average Bonchev–Trinajstić information content (AvgIpc) is 2.09. The van der Waals surface area contributed by atoms with Crippen LogP contribution in [0.5, 0.6) is 0 Å². The van der Waals surface area contributed by atoms with Crippen LogP contribution in [-0.2, 0) is 9.47 Å². The molecule has 0 aromatic rings. The lowest BCUT2D eigenvalue weighted by Crippen LogP contribution is -2.48. The topological polar surface area (TPSA) is 73.6 Å². The van der Waals surface area contributed by atoms with Crippen LogP contribution in [0.4, 0.5) is 4.79 Å². The van der Waals surface area contributed by atoms with E-state index in [1.165, 1.54) is 0 Å². The van der Waals surface area contributed by atoms with Crippen LogP contribution in [0.2, 0.25) is 0 Å². The molecule has 0 aromatic heterocycles. The fraction of sp³-hybridized carbons (Fsp3) is 0.917. The molecule has 17 heavy (non-hydrogen) atoms. The standard InChI is InChI=1S/C12H24N2O3/c1-11(2,3)17-10(15)14-6-9(13)5-12(4)7-16-8-12/h9H,5-8,13H2,1-4H3,(H,14,15). The molecule has 1 rings (SSSR count). The fourth-order valence-corrected chi connectivity index (χ4v) is 1.80. The summed E-state index contributed by atoms with van der Waals surface area (Å²) in [7, 11) is 0. The second kappa shape index (κ2) is 5.23. The number of nitrogens with one attached hydrogen (secondary N) is 1. The molecule has 1 unspecified atom stereocenters. The van der Waals surface area contributed by atoms with Crippen molar-refractivity contribution in [3.05, 3.63) is 0 Å². The summed E-state index contributed by atoms with van der Waals surface area (Å²) in [4.78, 5) is 11.4. The highest BCUT2D eigenvalue weighted by molar-refractivity contribution is 5.67. The lowest BCUT2D eigenvalue weighted by atomic mass is 9.82. The summed E-state index contributed by atoms with van der Waals surface area (Å²) in [5.74, 6) is 0. The third kappa shape index (κ3) is 5.37. The number of rotatable bonds is 4. The lowest BCUT2D eigenvalue weighted by Gasteiger charge is -2.39. The zero-order valence-corrected chi connectivity index (χ0v) is 11.2. The van der Waals surface area contributed by atoms with Crippen LogP contribution in [0.25, 0.3) is 0 Å². The largest absolute Gasteiger partial charge is 0.444 e. The van der Waals surface area contributed by atoms with Gasteiger partial charge in [0.1, 0.15) is 5.60 Å². The molecule has 1 fully saturated rings. The van der Waals surface area contributed by atoms with Gasteiger partial charge in [-0.3, -0.25) is 0 Å². The van der Waals surface area contributed by atoms with E-state index in [2.05, 4.69) is 12.2 Å². The minimum Gasteiger partial charge on any atom is -0.444 e. The van der Waals surface area contributed by atoms with Crippen molar-refractivity contribution in [3.8, 4) is 0 Å². The van der Waals surface area contributed by atoms with Crippen molar-refractivity contribution in [1.29, 1.82) is 0 Å². The summed E-state index contributed by atoms with van der Waals surface area (Å²) in [6.45, 7) is 9.59. The molecular weight excluding hydrogens is 220 g/mol. The van der Waals surface area contributed by atoms with Crippen molar-refractivity contribution in [2.45, 2.75) is 45.8 Å². The van der Waals surface area contributed by atoms with Crippen molar-refractivity contribution in [2.24, 2.45) is 11.1 Å². The summed E-state index contributed by atoms with van der Waals surface area (Å²) in [6.07, 6.45) is 0.436. The van der Waals surface area contributed by atoms with Crippen LogP contribution < -0.4 is 11.1 Å². The Hall–Kier alpha value is -0.810. The Bertz CT molecular complexity index is 269. The second-order valence-corrected chi connectivity index (χ2v) is 6.15. The van der Waals surface area contributed by atoms with E-state index in [9.17, 15) is 4.79 Å². The zero-order valence-electron chi connectivity index (χ0n) is 11.2. The van der Waals surface area contributed by atoms with Crippen molar-refractivity contribution in [2.75, 3.05) is 19.8 Å². The molecule has 0 aliphatic carbocycles. The number of carbonyl (C=O) groups is 1. The van der Waals surface area contributed by atoms with Gasteiger partial charge in [0.15, 0.2) is 0 Å². The third-order valence-electron chi connectivity index (χ3n) is 2.56. The molecule has 100 valence electrons. The van der Waals surface area contributed by atoms with Gasteiger partial charge in [-0.1, -0.05) is 6.92 Å². The van der Waals surface area contributed by atoms with Gasteiger partial charge < -0.3 is 20.5 Å². The predicted octanol–water partition coefficient (Wildman–Crippen LogP) is 1.26. The number of amides is 1. The normalized spacial score (nSPS) is 20.3. The first-order valence-corrected chi connectivity index (χ1v) is 6.00. The van der Waals surface area contributed by atoms with Gasteiger partial charge in [0.25, 0.3) is 0 Å². The van der Waals surface area contributed by atoms with E-state index in [-0.39, 0.29) is 11.5 Å². The first kappa shape index (κ1) is 14.3. The van der Waals surface area contributed by atoms with Gasteiger partial charge in [-0.2, -0.15) is 0 Å². The molecule has 0 spiro atoms. The molecule has 0 saturated carbocycles. The van der Waals surface area contributed by atoms with Gasteiger partial charge in [-0.25, -0.2) is 4.79 Å². The number of alkyl carbamates (subject to hydrolysis) is 1. The SMILES string of the molecule is CC1(CC(N)CNC(=O)OC(C)(C)C)COC1. The van der Waals surface area contributed by atoms with E-state index in [4.69, 9.17) is 15.2 Å². The highest BCUT2D eigenvalue weighted by Gasteiger charge is 2.34. The monoisotopic (exact) mass is 244 g/mol. The lowest BCUT2D eigenvalue weighted by molar-refractivity contribution is -0.108. The fourth-order valence-electron chi connectivity index (χ4n) is 1.80. The number of hydrogen-bond acceptors (Lipinski definition) is 4. The Morgan fingerprint density at radius 3 is 2.53 bits per heavy atom. The molecule has 0 radical (unpaired) electrons. The van der Waals surface area contributed by atoms with Crippen LogP contribution in [0, 0.1) is 5.41 Å². The Labute approximate surface area is 103 Å². The predicted molar refractivity (Wildman–Crippen MR) is 65.8 cm³/mol. The minimum atomic E-state index is -0.470. The summed E-state index contributed by atoms with van der Waals surface area (Å²) in [6, 6.07) is -0.0589. The van der Waals surface area contributed by atoms with Crippen LogP contribution >= 0.6 is 0 Å². The number of hydrogen-bond donors (Lipinski definition) is 2. The van der Waals surface area contributed by atoms with E-state index >= 15 is 0 Å². The highest BCUT2D eigenvalue weighted by atomic mass is 16.6. The number of carbonyl (C=O) groups excluding carboxylic acids is 1. The van der Waals surface area contributed by atoms with Crippen LogP contribution in [0.15, 0.2) is 0 Å². The van der Waals surface area contributed by atoms with Gasteiger partial charge >= 0.3 is 6.09 Å². The van der Waals surface area contributed by atoms with Gasteiger partial charge in [0.2, 0.25) is 0 Å². The smallest absolute Gasteiger partial charge is 0.407 e. The molecule has 1 heterocycles. The van der Waals surface area contributed by atoms with Crippen molar-refractivity contribution >= 4 is 6.09 Å². The van der Waals surface area contributed by atoms with E-state index in [1.807, 2.05) is 20.8 Å². The summed E-state index contributed by atoms with van der Waals surface area (Å²) >= 11 is 0. The molecule has 1 aliphatic heterocycles. The molecule has 1 saturated heterocycles. The Morgan fingerprint density at radius 2 is 2.12 bits per heavy atom. The molecule has 1 aliphatic rings. The van der Waals surface area contributed by atoms with Gasteiger partial charge in [-0.05, 0) is 27.2 Å². The molecule has 5 nitrogen and oxygen atoms in total. The van der Waals surface area contributed by atoms with E-state index < -0.39 is 11.7 Å². The number of ether oxygens (including phenoxy) is 2. The van der Waals surface area contributed by atoms with E-state index in [0.717, 1.165) is 19.6 Å². The maximum absolute atomic E-state index is 11.4. The molecular formula is C12H24N2O3. The first-order chi connectivity index (χ1) is 7.70. The van der Waals surface area contributed by atoms with E-state index in [0.29, 0.717) is 6.54 Å². The van der Waals surface area contributed by atoms with Crippen LogP contribution in [0.3, 0.4) is 0 Å². The quantitative estimate of drug-likeness (QED) is 0.781. The van der Waals surface area contributed by atoms with Gasteiger partial charge in [0.05, 0.1) is 13.2 Å². The number of nitrogens with two attached hydrogens (primary N) is 1.